The van der Waals surface area contributed by atoms with Gasteiger partial charge >= 0.3 is 0 Å². The fraction of sp³-hybridized carbons (Fsp3) is 0.211. The molecule has 0 aliphatic rings. The van der Waals surface area contributed by atoms with Crippen LogP contribution in [0, 0.1) is 0 Å². The van der Waals surface area contributed by atoms with E-state index in [0.29, 0.717) is 29.2 Å². The summed E-state index contributed by atoms with van der Waals surface area (Å²) in [6.45, 7) is 3.76. The van der Waals surface area contributed by atoms with Gasteiger partial charge in [0, 0.05) is 16.8 Å². The van der Waals surface area contributed by atoms with Gasteiger partial charge < -0.3 is 15.4 Å². The summed E-state index contributed by atoms with van der Waals surface area (Å²) in [4.78, 5) is 35.1. The number of nitrogens with one attached hydrogen (secondary N) is 2. The summed E-state index contributed by atoms with van der Waals surface area (Å²) < 4.78 is 5.31. The van der Waals surface area contributed by atoms with Gasteiger partial charge in [-0.15, -0.1) is 0 Å². The summed E-state index contributed by atoms with van der Waals surface area (Å²) >= 11 is 0. The smallest absolute Gasteiger partial charge is 0.251 e. The van der Waals surface area contributed by atoms with E-state index in [4.69, 9.17) is 4.74 Å². The van der Waals surface area contributed by atoms with Crippen LogP contribution in [0.15, 0.2) is 48.5 Å². The lowest BCUT2D eigenvalue weighted by Gasteiger charge is -2.08. The van der Waals surface area contributed by atoms with E-state index in [9.17, 15) is 14.4 Å². The SMILES string of the molecule is CCOc1ccc(C(=O)NCC(=O)Nc2ccc(C(C)=O)cc2)cc1. The largest absolute Gasteiger partial charge is 0.494 e. The van der Waals surface area contributed by atoms with Gasteiger partial charge in [0.05, 0.1) is 13.2 Å². The molecule has 2 amide bonds. The normalized spacial score (nSPS) is 10.0. The Hall–Kier alpha value is -3.15. The maximum absolute atomic E-state index is 12.0. The van der Waals surface area contributed by atoms with Crippen LogP contribution in [-0.4, -0.2) is 30.7 Å². The number of Topliss-reactive ketones (excluding diaryl/α,β-unsaturated/α-hetero) is 1. The van der Waals surface area contributed by atoms with Crippen LogP contribution in [0.5, 0.6) is 5.75 Å². The standard InChI is InChI=1S/C19H20N2O4/c1-3-25-17-10-6-15(7-11-17)19(24)20-12-18(23)21-16-8-4-14(5-9-16)13(2)22/h4-11H,3,12H2,1-2H3,(H,20,24)(H,21,23). The zero-order valence-electron chi connectivity index (χ0n) is 14.2. The van der Waals surface area contributed by atoms with Crippen LogP contribution in [0.25, 0.3) is 0 Å². The van der Waals surface area contributed by atoms with E-state index in [1.807, 2.05) is 6.92 Å². The Morgan fingerprint density at radius 1 is 0.920 bits per heavy atom. The number of benzene rings is 2. The minimum atomic E-state index is -0.352. The fourth-order valence-corrected chi connectivity index (χ4v) is 2.13. The van der Waals surface area contributed by atoms with Crippen molar-refractivity contribution in [2.24, 2.45) is 0 Å². The lowest BCUT2D eigenvalue weighted by atomic mass is 10.1. The van der Waals surface area contributed by atoms with Gasteiger partial charge in [0.2, 0.25) is 5.91 Å². The molecule has 2 aromatic carbocycles. The number of rotatable bonds is 7. The van der Waals surface area contributed by atoms with E-state index in [2.05, 4.69) is 10.6 Å². The van der Waals surface area contributed by atoms with E-state index in [1.54, 1.807) is 48.5 Å². The second-order valence-electron chi connectivity index (χ2n) is 5.32. The summed E-state index contributed by atoms with van der Waals surface area (Å²) in [5.41, 5.74) is 1.58. The molecule has 6 nitrogen and oxygen atoms in total. The van der Waals surface area contributed by atoms with Gasteiger partial charge in [0.15, 0.2) is 5.78 Å². The van der Waals surface area contributed by atoms with E-state index in [1.165, 1.54) is 6.92 Å². The van der Waals surface area contributed by atoms with Crippen molar-refractivity contribution in [1.82, 2.24) is 5.32 Å². The highest BCUT2D eigenvalue weighted by Gasteiger charge is 2.09. The molecule has 0 fully saturated rings. The highest BCUT2D eigenvalue weighted by atomic mass is 16.5. The number of hydrogen-bond acceptors (Lipinski definition) is 4. The average Bonchev–Trinajstić information content (AvgIpc) is 2.61. The molecule has 2 N–H and O–H groups in total. The zero-order chi connectivity index (χ0) is 18.2. The number of anilines is 1. The molecule has 25 heavy (non-hydrogen) atoms. The summed E-state index contributed by atoms with van der Waals surface area (Å²) in [6.07, 6.45) is 0. The second kappa shape index (κ2) is 8.63. The van der Waals surface area contributed by atoms with Gasteiger partial charge in [-0.05, 0) is 62.4 Å². The van der Waals surface area contributed by atoms with E-state index >= 15 is 0 Å². The van der Waals surface area contributed by atoms with Crippen LogP contribution in [-0.2, 0) is 4.79 Å². The maximum Gasteiger partial charge on any atom is 0.251 e. The van der Waals surface area contributed by atoms with Crippen molar-refractivity contribution in [2.75, 3.05) is 18.5 Å². The van der Waals surface area contributed by atoms with Crippen LogP contribution in [0.2, 0.25) is 0 Å². The van der Waals surface area contributed by atoms with Crippen molar-refractivity contribution in [2.45, 2.75) is 13.8 Å². The molecule has 0 aliphatic heterocycles. The van der Waals surface area contributed by atoms with Gasteiger partial charge in [-0.25, -0.2) is 0 Å². The summed E-state index contributed by atoms with van der Waals surface area (Å²) in [6, 6.07) is 13.2. The Labute approximate surface area is 146 Å². The van der Waals surface area contributed by atoms with Crippen LogP contribution in [0.3, 0.4) is 0 Å². The molecule has 0 aromatic heterocycles. The Balaban J connectivity index is 1.84. The van der Waals surface area contributed by atoms with Gasteiger partial charge in [0.1, 0.15) is 5.75 Å². The predicted molar refractivity (Wildman–Crippen MR) is 95.0 cm³/mol. The first-order valence-corrected chi connectivity index (χ1v) is 7.91. The Morgan fingerprint density at radius 2 is 1.52 bits per heavy atom. The van der Waals surface area contributed by atoms with Crippen molar-refractivity contribution in [3.8, 4) is 5.75 Å². The van der Waals surface area contributed by atoms with Gasteiger partial charge in [-0.2, -0.15) is 0 Å². The zero-order valence-corrected chi connectivity index (χ0v) is 14.2. The van der Waals surface area contributed by atoms with Crippen LogP contribution in [0.1, 0.15) is 34.6 Å². The summed E-state index contributed by atoms with van der Waals surface area (Å²) in [5, 5.41) is 5.21. The number of ether oxygens (including phenoxy) is 1. The van der Waals surface area contributed by atoms with Crippen LogP contribution < -0.4 is 15.4 Å². The molecular weight excluding hydrogens is 320 g/mol. The number of ketones is 1. The molecule has 0 heterocycles. The molecule has 0 bridgehead atoms. The molecule has 2 rings (SSSR count). The Kier molecular flexibility index (Phi) is 6.28. The monoisotopic (exact) mass is 340 g/mol. The molecule has 0 radical (unpaired) electrons. The topological polar surface area (TPSA) is 84.5 Å². The number of amides is 2. The molecule has 130 valence electrons. The van der Waals surface area contributed by atoms with E-state index < -0.39 is 0 Å². The lowest BCUT2D eigenvalue weighted by molar-refractivity contribution is -0.115. The highest BCUT2D eigenvalue weighted by molar-refractivity contribution is 5.99. The fourth-order valence-electron chi connectivity index (χ4n) is 2.13. The van der Waals surface area contributed by atoms with Crippen molar-refractivity contribution in [1.29, 1.82) is 0 Å². The molecule has 0 spiro atoms. The molecule has 0 saturated heterocycles. The third-order valence-electron chi connectivity index (χ3n) is 3.41. The quantitative estimate of drug-likeness (QED) is 0.759. The number of hydrogen-bond donors (Lipinski definition) is 2. The minimum Gasteiger partial charge on any atom is -0.494 e. The van der Waals surface area contributed by atoms with Crippen molar-refractivity contribution >= 4 is 23.3 Å². The Bertz CT molecular complexity index is 752. The average molecular weight is 340 g/mol. The molecule has 2 aromatic rings. The number of carbonyl (C=O) groups is 3. The van der Waals surface area contributed by atoms with Gasteiger partial charge in [0.25, 0.3) is 5.91 Å². The maximum atomic E-state index is 12.0. The summed E-state index contributed by atoms with van der Waals surface area (Å²) in [5.74, 6) is -0.0497. The first-order chi connectivity index (χ1) is 12.0. The van der Waals surface area contributed by atoms with Crippen molar-refractivity contribution in [3.05, 3.63) is 59.7 Å². The second-order valence-corrected chi connectivity index (χ2v) is 5.32. The number of carbonyl (C=O) groups excluding carboxylic acids is 3. The third-order valence-corrected chi connectivity index (χ3v) is 3.41. The molecule has 6 heteroatoms. The van der Waals surface area contributed by atoms with E-state index in [-0.39, 0.29) is 24.1 Å². The van der Waals surface area contributed by atoms with Crippen molar-refractivity contribution in [3.63, 3.8) is 0 Å². The van der Waals surface area contributed by atoms with E-state index in [0.717, 1.165) is 0 Å². The first-order valence-electron chi connectivity index (χ1n) is 7.91. The van der Waals surface area contributed by atoms with Gasteiger partial charge in [-0.1, -0.05) is 0 Å². The van der Waals surface area contributed by atoms with Crippen LogP contribution >= 0.6 is 0 Å². The molecule has 0 aliphatic carbocycles. The molecular formula is C19H20N2O4. The third kappa shape index (κ3) is 5.46. The minimum absolute atomic E-state index is 0.0412. The Morgan fingerprint density at radius 3 is 2.08 bits per heavy atom. The molecule has 0 saturated carbocycles. The van der Waals surface area contributed by atoms with Crippen LogP contribution in [0.4, 0.5) is 5.69 Å². The lowest BCUT2D eigenvalue weighted by Crippen LogP contribution is -2.32. The van der Waals surface area contributed by atoms with Gasteiger partial charge in [-0.3, -0.25) is 14.4 Å². The predicted octanol–water partition coefficient (Wildman–Crippen LogP) is 2.66. The highest BCUT2D eigenvalue weighted by Crippen LogP contribution is 2.12. The van der Waals surface area contributed by atoms with Crippen molar-refractivity contribution < 1.29 is 19.1 Å². The molecule has 0 atom stereocenters. The summed E-state index contributed by atoms with van der Waals surface area (Å²) in [7, 11) is 0. The first kappa shape index (κ1) is 18.2. The molecule has 0 unspecified atom stereocenters.